The number of carboxylic acids is 1. The molecule has 0 spiro atoms. The highest BCUT2D eigenvalue weighted by atomic mass is 35.5. The van der Waals surface area contributed by atoms with Gasteiger partial charge in [0, 0.05) is 28.4 Å². The van der Waals surface area contributed by atoms with Crippen LogP contribution in [-0.2, 0) is 17.9 Å². The fourth-order valence-corrected chi connectivity index (χ4v) is 2.60. The third-order valence-corrected chi connectivity index (χ3v) is 3.54. The smallest absolute Gasteiger partial charge is 0.337 e. The summed E-state index contributed by atoms with van der Waals surface area (Å²) in [5, 5.41) is 9.53. The van der Waals surface area contributed by atoms with Gasteiger partial charge in [-0.05, 0) is 18.2 Å². The number of carbonyl (C=O) groups is 1. The number of rotatable bonds is 3. The molecule has 114 valence electrons. The molecular weight excluding hydrogens is 310 g/mol. The van der Waals surface area contributed by atoms with E-state index in [-0.39, 0.29) is 24.5 Å². The molecule has 7 heteroatoms. The van der Waals surface area contributed by atoms with Crippen LogP contribution < -0.4 is 10.3 Å². The van der Waals surface area contributed by atoms with Crippen LogP contribution in [0.3, 0.4) is 0 Å². The van der Waals surface area contributed by atoms with Gasteiger partial charge in [-0.25, -0.2) is 4.79 Å². The number of ether oxygens (including phenoxy) is 2. The maximum Gasteiger partial charge on any atom is 0.337 e. The number of nitrogens with zero attached hydrogens (tertiary/aromatic N) is 1. The van der Waals surface area contributed by atoms with Crippen molar-refractivity contribution < 1.29 is 19.4 Å². The molecule has 0 atom stereocenters. The lowest BCUT2D eigenvalue weighted by Crippen LogP contribution is -2.22. The molecule has 2 heterocycles. The van der Waals surface area contributed by atoms with E-state index in [9.17, 15) is 9.59 Å². The van der Waals surface area contributed by atoms with Gasteiger partial charge in [0.2, 0.25) is 0 Å². The maximum atomic E-state index is 11.9. The number of benzene rings is 1. The second-order valence-corrected chi connectivity index (χ2v) is 5.29. The predicted molar refractivity (Wildman–Crippen MR) is 78.5 cm³/mol. The van der Waals surface area contributed by atoms with Crippen LogP contribution in [0.2, 0.25) is 5.02 Å². The number of fused-ring (bicyclic) bond motifs is 1. The minimum absolute atomic E-state index is 0.0414. The van der Waals surface area contributed by atoms with Crippen LogP contribution in [-0.4, -0.2) is 22.4 Å². The molecule has 0 aliphatic carbocycles. The summed E-state index contributed by atoms with van der Waals surface area (Å²) in [7, 11) is 0. The van der Waals surface area contributed by atoms with Crippen LogP contribution in [0.1, 0.15) is 21.5 Å². The first-order valence-corrected chi connectivity index (χ1v) is 6.88. The quantitative estimate of drug-likeness (QED) is 0.937. The average Bonchev–Trinajstić information content (AvgIpc) is 2.49. The van der Waals surface area contributed by atoms with E-state index < -0.39 is 5.97 Å². The van der Waals surface area contributed by atoms with Gasteiger partial charge in [0.15, 0.2) is 6.79 Å². The first kappa shape index (κ1) is 14.6. The molecule has 1 aromatic carbocycles. The number of carboxylic acid groups (broad SMARTS) is 1. The van der Waals surface area contributed by atoms with Gasteiger partial charge in [0.25, 0.3) is 5.56 Å². The normalized spacial score (nSPS) is 13.3. The third kappa shape index (κ3) is 2.84. The minimum atomic E-state index is -1.09. The molecule has 1 aliphatic heterocycles. The third-order valence-electron chi connectivity index (χ3n) is 3.32. The number of aromatic nitrogens is 1. The summed E-state index contributed by atoms with van der Waals surface area (Å²) in [6.45, 7) is 0.682. The van der Waals surface area contributed by atoms with Gasteiger partial charge >= 0.3 is 5.97 Å². The fraction of sp³-hybridized carbons (Fsp3) is 0.200. The Morgan fingerprint density at radius 2 is 2.18 bits per heavy atom. The first-order valence-electron chi connectivity index (χ1n) is 6.50. The first-order chi connectivity index (χ1) is 10.5. The van der Waals surface area contributed by atoms with Crippen LogP contribution in [0.5, 0.6) is 5.75 Å². The molecule has 0 saturated carbocycles. The lowest BCUT2D eigenvalue weighted by atomic mass is 10.1. The number of hydrogen-bond donors (Lipinski definition) is 1. The Balaban J connectivity index is 2.03. The summed E-state index contributed by atoms with van der Waals surface area (Å²) >= 11 is 6.08. The molecule has 22 heavy (non-hydrogen) atoms. The molecule has 0 amide bonds. The second kappa shape index (κ2) is 5.82. The second-order valence-electron chi connectivity index (χ2n) is 4.85. The topological polar surface area (TPSA) is 77.8 Å². The Labute approximate surface area is 130 Å². The largest absolute Gasteiger partial charge is 0.478 e. The van der Waals surface area contributed by atoms with Crippen molar-refractivity contribution in [1.82, 2.24) is 4.57 Å². The van der Waals surface area contributed by atoms with Gasteiger partial charge in [0.1, 0.15) is 5.75 Å². The van der Waals surface area contributed by atoms with Gasteiger partial charge < -0.3 is 19.1 Å². The van der Waals surface area contributed by atoms with E-state index in [1.807, 2.05) is 0 Å². The lowest BCUT2D eigenvalue weighted by Gasteiger charge is -2.21. The van der Waals surface area contributed by atoms with Crippen LogP contribution in [0, 0.1) is 0 Å². The van der Waals surface area contributed by atoms with E-state index in [0.717, 1.165) is 5.56 Å². The molecule has 0 saturated heterocycles. The number of hydrogen-bond acceptors (Lipinski definition) is 4. The lowest BCUT2D eigenvalue weighted by molar-refractivity contribution is -0.0170. The van der Waals surface area contributed by atoms with Crippen molar-refractivity contribution >= 4 is 17.6 Å². The zero-order chi connectivity index (χ0) is 15.7. The van der Waals surface area contributed by atoms with Crippen molar-refractivity contribution in [3.63, 3.8) is 0 Å². The predicted octanol–water partition coefficient (Wildman–Crippen LogP) is 2.11. The van der Waals surface area contributed by atoms with E-state index in [4.69, 9.17) is 26.2 Å². The monoisotopic (exact) mass is 321 g/mol. The summed E-state index contributed by atoms with van der Waals surface area (Å²) in [5.74, 6) is -0.463. The van der Waals surface area contributed by atoms with Crippen molar-refractivity contribution in [3.8, 4) is 5.75 Å². The average molecular weight is 322 g/mol. The summed E-state index contributed by atoms with van der Waals surface area (Å²) in [4.78, 5) is 22.9. The number of halogens is 1. The van der Waals surface area contributed by atoms with Crippen LogP contribution >= 0.6 is 11.6 Å². The maximum absolute atomic E-state index is 11.9. The molecule has 0 unspecified atom stereocenters. The standard InChI is InChI=1S/C15H12ClNO5/c16-12-3-10(14-11(4-12)7-21-8-22-14)6-17-5-9(15(19)20)1-2-13(17)18/h1-5H,6-8H2,(H,19,20). The van der Waals surface area contributed by atoms with Gasteiger partial charge in [-0.2, -0.15) is 0 Å². The highest BCUT2D eigenvalue weighted by molar-refractivity contribution is 6.30. The summed E-state index contributed by atoms with van der Waals surface area (Å²) in [6, 6.07) is 5.95. The minimum Gasteiger partial charge on any atom is -0.478 e. The van der Waals surface area contributed by atoms with Crippen LogP contribution in [0.25, 0.3) is 0 Å². The molecule has 6 nitrogen and oxygen atoms in total. The molecule has 1 aromatic heterocycles. The van der Waals surface area contributed by atoms with E-state index in [1.54, 1.807) is 12.1 Å². The van der Waals surface area contributed by atoms with Gasteiger partial charge in [-0.15, -0.1) is 0 Å². The zero-order valence-electron chi connectivity index (χ0n) is 11.4. The molecular formula is C15H12ClNO5. The fourth-order valence-electron chi connectivity index (χ4n) is 2.34. The van der Waals surface area contributed by atoms with E-state index >= 15 is 0 Å². The molecule has 3 rings (SSSR count). The summed E-state index contributed by atoms with van der Waals surface area (Å²) in [5.41, 5.74) is 1.25. The van der Waals surface area contributed by atoms with E-state index in [2.05, 4.69) is 0 Å². The molecule has 1 aliphatic rings. The molecule has 0 bridgehead atoms. The molecule has 1 N–H and O–H groups in total. The zero-order valence-corrected chi connectivity index (χ0v) is 12.2. The Bertz CT molecular complexity index is 799. The Kier molecular flexibility index (Phi) is 3.87. The van der Waals surface area contributed by atoms with Crippen LogP contribution in [0.15, 0.2) is 35.3 Å². The van der Waals surface area contributed by atoms with Crippen molar-refractivity contribution in [1.29, 1.82) is 0 Å². The highest BCUT2D eigenvalue weighted by Gasteiger charge is 2.17. The number of aromatic carboxylic acids is 1. The Morgan fingerprint density at radius 3 is 2.95 bits per heavy atom. The molecule has 0 fully saturated rings. The molecule has 0 radical (unpaired) electrons. The van der Waals surface area contributed by atoms with Crippen molar-refractivity contribution in [3.05, 3.63) is 62.5 Å². The van der Waals surface area contributed by atoms with Crippen molar-refractivity contribution in [2.24, 2.45) is 0 Å². The van der Waals surface area contributed by atoms with Gasteiger partial charge in [-0.1, -0.05) is 11.6 Å². The van der Waals surface area contributed by atoms with Crippen LogP contribution in [0.4, 0.5) is 0 Å². The summed E-state index contributed by atoms with van der Waals surface area (Å²) in [6.07, 6.45) is 1.30. The molecule has 2 aromatic rings. The Morgan fingerprint density at radius 1 is 1.36 bits per heavy atom. The Hall–Kier alpha value is -2.31. The van der Waals surface area contributed by atoms with Crippen molar-refractivity contribution in [2.75, 3.05) is 6.79 Å². The van der Waals surface area contributed by atoms with Gasteiger partial charge in [0.05, 0.1) is 18.7 Å². The van der Waals surface area contributed by atoms with E-state index in [0.29, 0.717) is 22.9 Å². The summed E-state index contributed by atoms with van der Waals surface area (Å²) < 4.78 is 12.0. The van der Waals surface area contributed by atoms with Gasteiger partial charge in [-0.3, -0.25) is 4.79 Å². The highest BCUT2D eigenvalue weighted by Crippen LogP contribution is 2.31. The number of pyridine rings is 1. The SMILES string of the molecule is O=C(O)c1ccc(=O)n(Cc2cc(Cl)cc3c2OCOC3)c1. The van der Waals surface area contributed by atoms with Crippen molar-refractivity contribution in [2.45, 2.75) is 13.2 Å². The van der Waals surface area contributed by atoms with E-state index in [1.165, 1.54) is 22.9 Å².